The number of amides is 1. The normalized spacial score (nSPS) is 11.8. The molecule has 3 aromatic rings. The largest absolute Gasteiger partial charge is 0.416 e. The van der Waals surface area contributed by atoms with Crippen molar-refractivity contribution in [3.05, 3.63) is 47.8 Å². The Morgan fingerprint density at radius 3 is 2.70 bits per heavy atom. The van der Waals surface area contributed by atoms with Crippen LogP contribution in [0.25, 0.3) is 5.65 Å². The summed E-state index contributed by atoms with van der Waals surface area (Å²) < 4.78 is 40.6. The summed E-state index contributed by atoms with van der Waals surface area (Å²) in [5.41, 5.74) is -0.177. The summed E-state index contributed by atoms with van der Waals surface area (Å²) in [4.78, 5) is 20.0. The predicted molar refractivity (Wildman–Crippen MR) is 93.3 cm³/mol. The first-order chi connectivity index (χ1) is 12.7. The van der Waals surface area contributed by atoms with Crippen LogP contribution in [0, 0.1) is 0 Å². The third-order valence-corrected chi connectivity index (χ3v) is 3.54. The highest BCUT2D eigenvalue weighted by atomic mass is 19.4. The van der Waals surface area contributed by atoms with Crippen LogP contribution in [-0.4, -0.2) is 31.5 Å². The van der Waals surface area contributed by atoms with Crippen molar-refractivity contribution in [2.45, 2.75) is 32.5 Å². The molecule has 0 aliphatic rings. The molecule has 3 aromatic heterocycles. The van der Waals surface area contributed by atoms with Gasteiger partial charge in [-0.05, 0) is 37.6 Å². The van der Waals surface area contributed by atoms with Crippen molar-refractivity contribution in [3.63, 3.8) is 0 Å². The minimum atomic E-state index is -4.52. The Hall–Kier alpha value is -3.17. The Morgan fingerprint density at radius 1 is 1.30 bits per heavy atom. The van der Waals surface area contributed by atoms with Crippen LogP contribution >= 0.6 is 0 Å². The van der Waals surface area contributed by atoms with Gasteiger partial charge in [-0.2, -0.15) is 22.7 Å². The third-order valence-electron chi connectivity index (χ3n) is 3.54. The van der Waals surface area contributed by atoms with E-state index >= 15 is 0 Å². The van der Waals surface area contributed by atoms with E-state index in [1.807, 2.05) is 0 Å². The number of rotatable bonds is 5. The molecule has 2 N–H and O–H groups in total. The number of hydrogen-bond acceptors (Lipinski definition) is 5. The first-order valence-corrected chi connectivity index (χ1v) is 8.15. The fourth-order valence-corrected chi connectivity index (χ4v) is 2.46. The van der Waals surface area contributed by atoms with E-state index in [0.29, 0.717) is 5.56 Å². The lowest BCUT2D eigenvalue weighted by Gasteiger charge is -2.14. The molecular weight excluding hydrogens is 361 g/mol. The van der Waals surface area contributed by atoms with E-state index in [4.69, 9.17) is 0 Å². The van der Waals surface area contributed by atoms with Crippen LogP contribution in [0.2, 0.25) is 0 Å². The lowest BCUT2D eigenvalue weighted by atomic mass is 10.2. The minimum Gasteiger partial charge on any atom is -0.368 e. The molecule has 3 rings (SSSR count). The lowest BCUT2D eigenvalue weighted by Crippen LogP contribution is -2.16. The minimum absolute atomic E-state index is 0.0235. The second-order valence-electron chi connectivity index (χ2n) is 6.22. The van der Waals surface area contributed by atoms with Gasteiger partial charge in [-0.3, -0.25) is 15.1 Å². The van der Waals surface area contributed by atoms with Gasteiger partial charge >= 0.3 is 6.18 Å². The van der Waals surface area contributed by atoms with Gasteiger partial charge in [0.05, 0.1) is 12.0 Å². The SMILES string of the molecule is CC(C)Nc1cc(C(F)(F)F)cc2nc(NC(=O)Cc3cccnc3)nn12. The van der Waals surface area contributed by atoms with Crippen LogP contribution in [0.1, 0.15) is 25.0 Å². The maximum atomic E-state index is 13.1. The molecule has 0 saturated carbocycles. The maximum Gasteiger partial charge on any atom is 0.416 e. The van der Waals surface area contributed by atoms with Crippen molar-refractivity contribution in [1.82, 2.24) is 19.6 Å². The number of carbonyl (C=O) groups excluding carboxylic acids is 1. The lowest BCUT2D eigenvalue weighted by molar-refractivity contribution is -0.137. The van der Waals surface area contributed by atoms with Gasteiger partial charge in [-0.1, -0.05) is 6.07 Å². The molecule has 0 aromatic carbocycles. The van der Waals surface area contributed by atoms with E-state index in [-0.39, 0.29) is 29.9 Å². The predicted octanol–water partition coefficient (Wildman–Crippen LogP) is 3.14. The monoisotopic (exact) mass is 378 g/mol. The van der Waals surface area contributed by atoms with Crippen molar-refractivity contribution in [1.29, 1.82) is 0 Å². The molecule has 0 fully saturated rings. The van der Waals surface area contributed by atoms with Crippen molar-refractivity contribution < 1.29 is 18.0 Å². The molecule has 0 atom stereocenters. The molecule has 3 heterocycles. The Bertz CT molecular complexity index is 952. The van der Waals surface area contributed by atoms with Gasteiger partial charge in [-0.25, -0.2) is 0 Å². The van der Waals surface area contributed by atoms with Crippen LogP contribution in [0.5, 0.6) is 0 Å². The molecule has 0 radical (unpaired) electrons. The Morgan fingerprint density at radius 2 is 2.07 bits per heavy atom. The second kappa shape index (κ2) is 7.22. The number of hydrogen-bond donors (Lipinski definition) is 2. The molecular formula is C17H17F3N6O. The average molecular weight is 378 g/mol. The summed E-state index contributed by atoms with van der Waals surface area (Å²) >= 11 is 0. The number of nitrogens with one attached hydrogen (secondary N) is 2. The van der Waals surface area contributed by atoms with Gasteiger partial charge < -0.3 is 5.32 Å². The molecule has 27 heavy (non-hydrogen) atoms. The standard InChI is InChI=1S/C17H17F3N6O/c1-10(2)22-13-7-12(17(18,19)20)8-14-23-16(25-26(13)14)24-15(27)6-11-4-3-5-21-9-11/h3-5,7-10,22H,6H2,1-2H3,(H,24,25,27). The molecule has 7 nitrogen and oxygen atoms in total. The van der Waals surface area contributed by atoms with E-state index in [9.17, 15) is 18.0 Å². The summed E-state index contributed by atoms with van der Waals surface area (Å²) in [7, 11) is 0. The van der Waals surface area contributed by atoms with Gasteiger partial charge in [-0.15, -0.1) is 5.10 Å². The zero-order valence-electron chi connectivity index (χ0n) is 14.6. The summed E-state index contributed by atoms with van der Waals surface area (Å²) in [6.07, 6.45) is -1.33. The van der Waals surface area contributed by atoms with E-state index in [1.165, 1.54) is 4.52 Å². The zero-order valence-corrected chi connectivity index (χ0v) is 14.6. The zero-order chi connectivity index (χ0) is 19.6. The molecule has 1 amide bonds. The van der Waals surface area contributed by atoms with Gasteiger partial charge in [0.1, 0.15) is 5.82 Å². The first kappa shape index (κ1) is 18.6. The Kier molecular flexibility index (Phi) is 4.98. The number of nitrogens with zero attached hydrogens (tertiary/aromatic N) is 4. The smallest absolute Gasteiger partial charge is 0.368 e. The summed E-state index contributed by atoms with van der Waals surface area (Å²) in [6.45, 7) is 3.58. The van der Waals surface area contributed by atoms with E-state index in [0.717, 1.165) is 12.1 Å². The van der Waals surface area contributed by atoms with E-state index in [1.54, 1.807) is 38.4 Å². The molecule has 0 aliphatic heterocycles. The Labute approximate surface area is 152 Å². The van der Waals surface area contributed by atoms with Crippen LogP contribution in [0.3, 0.4) is 0 Å². The van der Waals surface area contributed by atoms with Crippen molar-refractivity contribution in [2.24, 2.45) is 0 Å². The number of aromatic nitrogens is 4. The first-order valence-electron chi connectivity index (χ1n) is 8.15. The van der Waals surface area contributed by atoms with Gasteiger partial charge in [0.2, 0.25) is 11.9 Å². The summed E-state index contributed by atoms with van der Waals surface area (Å²) in [5.74, 6) is -0.335. The van der Waals surface area contributed by atoms with E-state index in [2.05, 4.69) is 25.7 Å². The summed E-state index contributed by atoms with van der Waals surface area (Å²) in [5, 5.41) is 9.50. The number of halogens is 3. The molecule has 10 heteroatoms. The average Bonchev–Trinajstić information content (AvgIpc) is 2.97. The highest BCUT2D eigenvalue weighted by Gasteiger charge is 2.32. The molecule has 0 saturated heterocycles. The van der Waals surface area contributed by atoms with Crippen LogP contribution < -0.4 is 10.6 Å². The molecule has 0 spiro atoms. The number of anilines is 2. The van der Waals surface area contributed by atoms with Crippen molar-refractivity contribution in [3.8, 4) is 0 Å². The van der Waals surface area contributed by atoms with E-state index < -0.39 is 17.6 Å². The van der Waals surface area contributed by atoms with Crippen LogP contribution in [0.15, 0.2) is 36.7 Å². The molecule has 0 unspecified atom stereocenters. The fraction of sp³-hybridized carbons (Fsp3) is 0.294. The number of carbonyl (C=O) groups is 1. The Balaban J connectivity index is 1.90. The van der Waals surface area contributed by atoms with Crippen LogP contribution in [0.4, 0.5) is 24.9 Å². The third kappa shape index (κ3) is 4.52. The maximum absolute atomic E-state index is 13.1. The van der Waals surface area contributed by atoms with Crippen molar-refractivity contribution >= 4 is 23.3 Å². The quantitative estimate of drug-likeness (QED) is 0.713. The highest BCUT2D eigenvalue weighted by molar-refractivity contribution is 5.90. The number of alkyl halides is 3. The van der Waals surface area contributed by atoms with Gasteiger partial charge in [0.15, 0.2) is 5.65 Å². The second-order valence-corrected chi connectivity index (χ2v) is 6.22. The fourth-order valence-electron chi connectivity index (χ4n) is 2.46. The number of pyridine rings is 2. The van der Waals surface area contributed by atoms with Crippen molar-refractivity contribution in [2.75, 3.05) is 10.6 Å². The van der Waals surface area contributed by atoms with Crippen LogP contribution in [-0.2, 0) is 17.4 Å². The van der Waals surface area contributed by atoms with Gasteiger partial charge in [0, 0.05) is 18.4 Å². The highest BCUT2D eigenvalue weighted by Crippen LogP contribution is 2.32. The topological polar surface area (TPSA) is 84.2 Å². The number of fused-ring (bicyclic) bond motifs is 1. The molecule has 0 bridgehead atoms. The molecule has 0 aliphatic carbocycles. The molecule has 142 valence electrons. The van der Waals surface area contributed by atoms with Gasteiger partial charge in [0.25, 0.3) is 0 Å². The summed E-state index contributed by atoms with van der Waals surface area (Å²) in [6, 6.07) is 5.17.